The van der Waals surface area contributed by atoms with Crippen LogP contribution < -0.4 is 0 Å². The highest BCUT2D eigenvalue weighted by atomic mass is 19.1. The zero-order valence-electron chi connectivity index (χ0n) is 6.68. The lowest BCUT2D eigenvalue weighted by Crippen LogP contribution is -2.04. The van der Waals surface area contributed by atoms with E-state index in [-0.39, 0.29) is 0 Å². The minimum absolute atomic E-state index is 0.454. The van der Waals surface area contributed by atoms with Crippen molar-refractivity contribution < 1.29 is 4.39 Å². The summed E-state index contributed by atoms with van der Waals surface area (Å²) in [7, 11) is 0. The van der Waals surface area contributed by atoms with Gasteiger partial charge in [0.05, 0.1) is 0 Å². The summed E-state index contributed by atoms with van der Waals surface area (Å²) in [5.74, 6) is 3.22. The van der Waals surface area contributed by atoms with E-state index in [1.165, 1.54) is 0 Å². The third-order valence-corrected chi connectivity index (χ3v) is 3.22. The van der Waals surface area contributed by atoms with Gasteiger partial charge in [-0.2, -0.15) is 0 Å². The number of hydrogen-bond donors (Lipinski definition) is 0. The molecule has 2 rings (SSSR count). The highest BCUT2D eigenvalue weighted by Crippen LogP contribution is 2.61. The first-order chi connectivity index (χ1) is 4.70. The zero-order chi connectivity index (χ0) is 7.30. The van der Waals surface area contributed by atoms with Gasteiger partial charge in [0.1, 0.15) is 6.17 Å². The van der Waals surface area contributed by atoms with E-state index in [1.807, 2.05) is 0 Å². The van der Waals surface area contributed by atoms with Gasteiger partial charge in [-0.3, -0.25) is 0 Å². The molecule has 2 aliphatic carbocycles. The molecule has 0 nitrogen and oxygen atoms in total. The second kappa shape index (κ2) is 1.96. The van der Waals surface area contributed by atoms with E-state index < -0.39 is 6.17 Å². The summed E-state index contributed by atoms with van der Waals surface area (Å²) < 4.78 is 12.6. The molecule has 0 N–H and O–H groups in total. The van der Waals surface area contributed by atoms with E-state index in [0.29, 0.717) is 0 Å². The topological polar surface area (TPSA) is 0 Å². The fraction of sp³-hybridized carbons (Fsp3) is 1.00. The molecule has 2 unspecified atom stereocenters. The molecule has 0 amide bonds. The van der Waals surface area contributed by atoms with Crippen molar-refractivity contribution in [2.45, 2.75) is 32.9 Å². The van der Waals surface area contributed by atoms with E-state index >= 15 is 0 Å². The van der Waals surface area contributed by atoms with Crippen LogP contribution in [0.15, 0.2) is 0 Å². The molecular formula is C9H15F. The third-order valence-electron chi connectivity index (χ3n) is 3.22. The highest BCUT2D eigenvalue weighted by Gasteiger charge is 2.56. The molecule has 4 atom stereocenters. The van der Waals surface area contributed by atoms with Gasteiger partial charge in [0.15, 0.2) is 0 Å². The summed E-state index contributed by atoms with van der Waals surface area (Å²) in [6.07, 6.45) is 1.28. The van der Waals surface area contributed by atoms with Gasteiger partial charge in [0, 0.05) is 0 Å². The number of halogens is 1. The molecule has 0 radical (unpaired) electrons. The van der Waals surface area contributed by atoms with Gasteiger partial charge < -0.3 is 0 Å². The number of rotatable bonds is 1. The van der Waals surface area contributed by atoms with E-state index in [9.17, 15) is 4.39 Å². The van der Waals surface area contributed by atoms with Crippen LogP contribution in [0.2, 0.25) is 0 Å². The summed E-state index contributed by atoms with van der Waals surface area (Å²) in [6.45, 7) is 4.52. The molecule has 0 aromatic carbocycles. The fourth-order valence-electron chi connectivity index (χ4n) is 2.81. The maximum atomic E-state index is 12.6. The molecule has 0 bridgehead atoms. The van der Waals surface area contributed by atoms with E-state index in [1.54, 1.807) is 0 Å². The van der Waals surface area contributed by atoms with Gasteiger partial charge >= 0.3 is 0 Å². The Hall–Kier alpha value is -0.0700. The Bertz CT molecular complexity index is 130. The maximum Gasteiger partial charge on any atom is 0.101 e. The first-order valence-electron chi connectivity index (χ1n) is 4.34. The monoisotopic (exact) mass is 142 g/mol. The fourth-order valence-corrected chi connectivity index (χ4v) is 2.81. The second-order valence-corrected chi connectivity index (χ2v) is 4.22. The molecule has 0 aliphatic heterocycles. The van der Waals surface area contributed by atoms with Crippen LogP contribution >= 0.6 is 0 Å². The molecular weight excluding hydrogens is 127 g/mol. The number of hydrogen-bond acceptors (Lipinski definition) is 0. The van der Waals surface area contributed by atoms with Crippen molar-refractivity contribution in [3.63, 3.8) is 0 Å². The quantitative estimate of drug-likeness (QED) is 0.528. The normalized spacial score (nSPS) is 51.6. The van der Waals surface area contributed by atoms with Gasteiger partial charge in [-0.05, 0) is 36.5 Å². The zero-order valence-corrected chi connectivity index (χ0v) is 6.68. The van der Waals surface area contributed by atoms with E-state index in [0.717, 1.165) is 36.5 Å². The smallest absolute Gasteiger partial charge is 0.101 e. The summed E-state index contributed by atoms with van der Waals surface area (Å²) in [4.78, 5) is 0. The first kappa shape index (κ1) is 6.63. The van der Waals surface area contributed by atoms with Crippen LogP contribution in [-0.2, 0) is 0 Å². The second-order valence-electron chi connectivity index (χ2n) is 4.22. The Morgan fingerprint density at radius 2 is 1.70 bits per heavy atom. The lowest BCUT2D eigenvalue weighted by atomic mass is 10.0. The average Bonchev–Trinajstić information content (AvgIpc) is 2.32. The maximum absolute atomic E-state index is 12.6. The first-order valence-corrected chi connectivity index (χ1v) is 4.34. The van der Waals surface area contributed by atoms with Gasteiger partial charge in [-0.25, -0.2) is 4.39 Å². The minimum atomic E-state index is -0.454. The van der Waals surface area contributed by atoms with Gasteiger partial charge in [0.2, 0.25) is 0 Å². The molecule has 0 saturated heterocycles. The molecule has 0 aromatic rings. The van der Waals surface area contributed by atoms with E-state index in [2.05, 4.69) is 13.8 Å². The lowest BCUT2D eigenvalue weighted by Gasteiger charge is -2.08. The standard InChI is InChI=1S/C9H15F/c1-5(2)9-7-3-6(10)4-8(7)9/h5-9H,3-4H2,1-2H3/t6?,7-,8+,9?. The average molecular weight is 142 g/mol. The van der Waals surface area contributed by atoms with E-state index in [4.69, 9.17) is 0 Å². The lowest BCUT2D eigenvalue weighted by molar-refractivity contribution is 0.285. The predicted molar refractivity (Wildman–Crippen MR) is 39.4 cm³/mol. The molecule has 2 aliphatic rings. The van der Waals surface area contributed by atoms with Gasteiger partial charge in [-0.15, -0.1) is 0 Å². The van der Waals surface area contributed by atoms with Crippen LogP contribution in [0.25, 0.3) is 0 Å². The van der Waals surface area contributed by atoms with Crippen molar-refractivity contribution in [3.8, 4) is 0 Å². The molecule has 10 heavy (non-hydrogen) atoms. The van der Waals surface area contributed by atoms with Crippen LogP contribution in [0.3, 0.4) is 0 Å². The SMILES string of the molecule is CC(C)C1[C@H]2CC(F)C[C@@H]12. The van der Waals surface area contributed by atoms with Crippen LogP contribution in [0.4, 0.5) is 4.39 Å². The van der Waals surface area contributed by atoms with Crippen molar-refractivity contribution in [1.82, 2.24) is 0 Å². The molecule has 1 heteroatoms. The van der Waals surface area contributed by atoms with Crippen molar-refractivity contribution in [2.24, 2.45) is 23.7 Å². The van der Waals surface area contributed by atoms with Crippen LogP contribution in [-0.4, -0.2) is 6.17 Å². The molecule has 0 heterocycles. The summed E-state index contributed by atoms with van der Waals surface area (Å²) >= 11 is 0. The van der Waals surface area contributed by atoms with Crippen LogP contribution in [0.5, 0.6) is 0 Å². The summed E-state index contributed by atoms with van der Waals surface area (Å²) in [6, 6.07) is 0. The van der Waals surface area contributed by atoms with Crippen LogP contribution in [0.1, 0.15) is 26.7 Å². The largest absolute Gasteiger partial charge is 0.247 e. The summed E-state index contributed by atoms with van der Waals surface area (Å²) in [5, 5.41) is 0. The Morgan fingerprint density at radius 3 is 2.10 bits per heavy atom. The van der Waals surface area contributed by atoms with Crippen molar-refractivity contribution in [3.05, 3.63) is 0 Å². The molecule has 58 valence electrons. The molecule has 2 fully saturated rings. The van der Waals surface area contributed by atoms with Crippen molar-refractivity contribution >= 4 is 0 Å². The Labute approximate surface area is 61.8 Å². The molecule has 2 saturated carbocycles. The number of fused-ring (bicyclic) bond motifs is 1. The van der Waals surface area contributed by atoms with Gasteiger partial charge in [0.25, 0.3) is 0 Å². The van der Waals surface area contributed by atoms with Crippen molar-refractivity contribution in [2.75, 3.05) is 0 Å². The highest BCUT2D eigenvalue weighted by molar-refractivity contribution is 5.05. The predicted octanol–water partition coefficient (Wildman–Crippen LogP) is 2.64. The third kappa shape index (κ3) is 0.792. The Balaban J connectivity index is 1.92. The minimum Gasteiger partial charge on any atom is -0.247 e. The Morgan fingerprint density at radius 1 is 1.20 bits per heavy atom. The molecule has 0 spiro atoms. The van der Waals surface area contributed by atoms with Gasteiger partial charge in [-0.1, -0.05) is 13.8 Å². The summed E-state index contributed by atoms with van der Waals surface area (Å²) in [5.41, 5.74) is 0. The van der Waals surface area contributed by atoms with Crippen LogP contribution in [0, 0.1) is 23.7 Å². The molecule has 0 aromatic heterocycles. The number of alkyl halides is 1. The Kier molecular flexibility index (Phi) is 1.30. The van der Waals surface area contributed by atoms with Crippen molar-refractivity contribution in [1.29, 1.82) is 0 Å².